The molecular weight excluding hydrogens is 330 g/mol. The second-order valence-corrected chi connectivity index (χ2v) is 5.95. The van der Waals surface area contributed by atoms with Crippen LogP contribution in [-0.2, 0) is 9.53 Å². The quantitative estimate of drug-likeness (QED) is 0.547. The van der Waals surface area contributed by atoms with Crippen LogP contribution in [-0.4, -0.2) is 25.0 Å². The number of hydrogen-bond acceptors (Lipinski definition) is 4. The lowest BCUT2D eigenvalue weighted by atomic mass is 10.1. The zero-order valence-electron chi connectivity index (χ0n) is 15.2. The summed E-state index contributed by atoms with van der Waals surface area (Å²) in [5, 5.41) is 2.57. The third kappa shape index (κ3) is 6.24. The molecule has 0 saturated heterocycles. The largest absolute Gasteiger partial charge is 0.494 e. The molecule has 0 fully saturated rings. The second-order valence-electron chi connectivity index (χ2n) is 5.95. The maximum Gasteiger partial charge on any atom is 0.326 e. The van der Waals surface area contributed by atoms with E-state index < -0.39 is 5.97 Å². The highest BCUT2D eigenvalue weighted by Gasteiger charge is 2.13. The van der Waals surface area contributed by atoms with Gasteiger partial charge in [0.05, 0.1) is 6.61 Å². The molecule has 1 amide bonds. The Morgan fingerprint density at radius 3 is 2.38 bits per heavy atom. The molecule has 0 saturated carbocycles. The molecule has 2 aromatic carbocycles. The van der Waals surface area contributed by atoms with E-state index in [1.54, 1.807) is 31.2 Å². The van der Waals surface area contributed by atoms with Gasteiger partial charge in [-0.05, 0) is 43.2 Å². The normalized spacial score (nSPS) is 11.5. The van der Waals surface area contributed by atoms with Crippen molar-refractivity contribution in [2.45, 2.75) is 32.8 Å². The van der Waals surface area contributed by atoms with Crippen LogP contribution in [0.1, 0.15) is 48.7 Å². The van der Waals surface area contributed by atoms with Crippen molar-refractivity contribution in [2.75, 3.05) is 13.2 Å². The number of rotatable bonds is 9. The first-order chi connectivity index (χ1) is 12.6. The summed E-state index contributed by atoms with van der Waals surface area (Å²) in [5.74, 6) is -0.0743. The zero-order chi connectivity index (χ0) is 18.8. The zero-order valence-corrected chi connectivity index (χ0v) is 15.2. The number of unbranched alkanes of at least 4 members (excludes halogenated alkanes) is 1. The Morgan fingerprint density at radius 1 is 1.04 bits per heavy atom. The molecule has 0 aliphatic heterocycles. The molecule has 0 aliphatic rings. The molecule has 1 N–H and O–H groups in total. The lowest BCUT2D eigenvalue weighted by Crippen LogP contribution is -2.31. The number of hydrogen-bond donors (Lipinski definition) is 1. The highest BCUT2D eigenvalue weighted by atomic mass is 16.5. The van der Waals surface area contributed by atoms with E-state index in [4.69, 9.17) is 9.47 Å². The van der Waals surface area contributed by atoms with Gasteiger partial charge in [-0.25, -0.2) is 0 Å². The van der Waals surface area contributed by atoms with Gasteiger partial charge in [0.1, 0.15) is 18.4 Å². The van der Waals surface area contributed by atoms with Crippen LogP contribution in [0.15, 0.2) is 54.6 Å². The molecule has 2 rings (SSSR count). The molecule has 0 bridgehead atoms. The summed E-state index contributed by atoms with van der Waals surface area (Å²) in [4.78, 5) is 24.0. The summed E-state index contributed by atoms with van der Waals surface area (Å²) >= 11 is 0. The fourth-order valence-electron chi connectivity index (χ4n) is 2.32. The number of amides is 1. The van der Waals surface area contributed by atoms with Gasteiger partial charge in [-0.15, -0.1) is 0 Å². The van der Waals surface area contributed by atoms with Gasteiger partial charge in [-0.3, -0.25) is 9.59 Å². The van der Waals surface area contributed by atoms with Gasteiger partial charge in [-0.1, -0.05) is 43.7 Å². The van der Waals surface area contributed by atoms with Crippen LogP contribution in [0.4, 0.5) is 0 Å². The van der Waals surface area contributed by atoms with Crippen LogP contribution < -0.4 is 10.1 Å². The Labute approximate surface area is 154 Å². The Balaban J connectivity index is 1.77. The maximum absolute atomic E-state index is 12.1. The van der Waals surface area contributed by atoms with Gasteiger partial charge in [0.25, 0.3) is 5.91 Å². The average molecular weight is 355 g/mol. The van der Waals surface area contributed by atoms with E-state index in [2.05, 4.69) is 12.2 Å². The molecule has 2 aromatic rings. The molecule has 1 atom stereocenters. The van der Waals surface area contributed by atoms with Gasteiger partial charge >= 0.3 is 5.97 Å². The van der Waals surface area contributed by atoms with E-state index in [1.165, 1.54) is 0 Å². The van der Waals surface area contributed by atoms with E-state index in [9.17, 15) is 9.59 Å². The van der Waals surface area contributed by atoms with Crippen LogP contribution >= 0.6 is 0 Å². The van der Waals surface area contributed by atoms with Gasteiger partial charge < -0.3 is 14.8 Å². The number of ether oxygens (including phenoxy) is 2. The van der Waals surface area contributed by atoms with Gasteiger partial charge in [-0.2, -0.15) is 0 Å². The van der Waals surface area contributed by atoms with Crippen LogP contribution in [0.2, 0.25) is 0 Å². The highest BCUT2D eigenvalue weighted by molar-refractivity contribution is 5.96. The molecule has 0 unspecified atom stereocenters. The van der Waals surface area contributed by atoms with Crippen molar-refractivity contribution in [1.29, 1.82) is 0 Å². The summed E-state index contributed by atoms with van der Waals surface area (Å²) in [6, 6.07) is 16.3. The molecule has 0 spiro atoms. The number of nitrogens with one attached hydrogen (secondary N) is 1. The SMILES string of the molecule is CCCCOc1ccc(C(=O)NCC(=O)O[C@@H](C)c2ccccc2)cc1. The fraction of sp³-hybridized carbons (Fsp3) is 0.333. The van der Waals surface area contributed by atoms with E-state index in [1.807, 2.05) is 30.3 Å². The Bertz CT molecular complexity index is 698. The molecule has 138 valence electrons. The standard InChI is InChI=1S/C21H25NO4/c1-3-4-14-25-19-12-10-18(11-13-19)21(24)22-15-20(23)26-16(2)17-8-6-5-7-9-17/h5-13,16H,3-4,14-15H2,1-2H3,(H,22,24)/t16-/m0/s1. The molecule has 5 heteroatoms. The second kappa shape index (κ2) is 10.2. The fourth-order valence-corrected chi connectivity index (χ4v) is 2.32. The molecule has 0 radical (unpaired) electrons. The predicted molar refractivity (Wildman–Crippen MR) is 100 cm³/mol. The third-order valence-electron chi connectivity index (χ3n) is 3.85. The Hall–Kier alpha value is -2.82. The molecule has 26 heavy (non-hydrogen) atoms. The van der Waals surface area contributed by atoms with Crippen molar-refractivity contribution in [3.8, 4) is 5.75 Å². The summed E-state index contributed by atoms with van der Waals surface area (Å²) in [6.45, 7) is 4.38. The number of carbonyl (C=O) groups is 2. The lowest BCUT2D eigenvalue weighted by molar-refractivity contribution is -0.147. The summed E-state index contributed by atoms with van der Waals surface area (Å²) in [5.41, 5.74) is 1.38. The third-order valence-corrected chi connectivity index (χ3v) is 3.85. The number of benzene rings is 2. The average Bonchev–Trinajstić information content (AvgIpc) is 2.67. The predicted octanol–water partition coefficient (Wildman–Crippen LogP) is 3.90. The Morgan fingerprint density at radius 2 is 1.73 bits per heavy atom. The summed E-state index contributed by atoms with van der Waals surface area (Å²) in [6.07, 6.45) is 1.70. The van der Waals surface area contributed by atoms with Gasteiger partial charge in [0.15, 0.2) is 0 Å². The summed E-state index contributed by atoms with van der Waals surface area (Å²) < 4.78 is 10.9. The smallest absolute Gasteiger partial charge is 0.326 e. The van der Waals surface area contributed by atoms with Gasteiger partial charge in [0, 0.05) is 5.56 Å². The maximum atomic E-state index is 12.1. The van der Waals surface area contributed by atoms with Crippen molar-refractivity contribution in [3.05, 3.63) is 65.7 Å². The van der Waals surface area contributed by atoms with Crippen LogP contribution in [0.5, 0.6) is 5.75 Å². The van der Waals surface area contributed by atoms with E-state index in [0.717, 1.165) is 24.2 Å². The summed E-state index contributed by atoms with van der Waals surface area (Å²) in [7, 11) is 0. The van der Waals surface area contributed by atoms with Crippen molar-refractivity contribution < 1.29 is 19.1 Å². The van der Waals surface area contributed by atoms with E-state index in [-0.39, 0.29) is 18.6 Å². The lowest BCUT2D eigenvalue weighted by Gasteiger charge is -2.14. The Kier molecular flexibility index (Phi) is 7.68. The minimum Gasteiger partial charge on any atom is -0.494 e. The first-order valence-corrected chi connectivity index (χ1v) is 8.85. The van der Waals surface area contributed by atoms with Gasteiger partial charge in [0.2, 0.25) is 0 Å². The first kappa shape index (κ1) is 19.5. The first-order valence-electron chi connectivity index (χ1n) is 8.85. The molecule has 0 aromatic heterocycles. The molecular formula is C21H25NO4. The number of carbonyl (C=O) groups excluding carboxylic acids is 2. The van der Waals surface area contributed by atoms with Crippen molar-refractivity contribution in [2.24, 2.45) is 0 Å². The topological polar surface area (TPSA) is 64.6 Å². The monoisotopic (exact) mass is 355 g/mol. The molecule has 0 aliphatic carbocycles. The van der Waals surface area contributed by atoms with Crippen molar-refractivity contribution >= 4 is 11.9 Å². The van der Waals surface area contributed by atoms with Crippen LogP contribution in [0.25, 0.3) is 0 Å². The number of esters is 1. The van der Waals surface area contributed by atoms with Crippen molar-refractivity contribution in [1.82, 2.24) is 5.32 Å². The molecule has 0 heterocycles. The molecule has 5 nitrogen and oxygen atoms in total. The minimum absolute atomic E-state index is 0.176. The van der Waals surface area contributed by atoms with Crippen LogP contribution in [0.3, 0.4) is 0 Å². The van der Waals surface area contributed by atoms with Crippen molar-refractivity contribution in [3.63, 3.8) is 0 Å². The minimum atomic E-state index is -0.478. The van der Waals surface area contributed by atoms with E-state index in [0.29, 0.717) is 12.2 Å². The van der Waals surface area contributed by atoms with E-state index >= 15 is 0 Å². The van der Waals surface area contributed by atoms with Crippen LogP contribution in [0, 0.1) is 0 Å². The highest BCUT2D eigenvalue weighted by Crippen LogP contribution is 2.16.